The smallest absolute Gasteiger partial charge is 0.107 e. The summed E-state index contributed by atoms with van der Waals surface area (Å²) in [4.78, 5) is 12.0. The molecule has 4 N–H and O–H groups in total. The molecule has 3 aromatic rings. The predicted octanol–water partition coefficient (Wildman–Crippen LogP) is 2.58. The Morgan fingerprint density at radius 2 is 2.26 bits per heavy atom. The monoisotopic (exact) mass is 469 g/mol. The highest BCUT2D eigenvalue weighted by Gasteiger charge is 2.33. The fourth-order valence-corrected chi connectivity index (χ4v) is 4.99. The normalized spacial score (nSPS) is 20.5. The van der Waals surface area contributed by atoms with Gasteiger partial charge in [0.2, 0.25) is 0 Å². The second kappa shape index (κ2) is 9.86. The summed E-state index contributed by atoms with van der Waals surface area (Å²) in [6.07, 6.45) is 8.09. The average molecular weight is 470 g/mol. The molecule has 2 saturated heterocycles. The topological polar surface area (TPSA) is 120 Å². The summed E-state index contributed by atoms with van der Waals surface area (Å²) in [5.41, 5.74) is 11.7. The van der Waals surface area contributed by atoms with Crippen molar-refractivity contribution in [3.63, 3.8) is 0 Å². The van der Waals surface area contributed by atoms with Gasteiger partial charge in [-0.15, -0.1) is 0 Å². The minimum Gasteiger partial charge on any atom is -0.404 e. The number of anilines is 1. The van der Waals surface area contributed by atoms with Crippen LogP contribution in [0.2, 0.25) is 0 Å². The SMILES string of the molecule is CC(=NC1CN(C2CCNC2)C1)/C(=C\N)c1cc(NC(C)c2ccccn2)c2c(C#N)cnn2c1. The summed E-state index contributed by atoms with van der Waals surface area (Å²) in [6, 6.07) is 11.0. The van der Waals surface area contributed by atoms with Crippen LogP contribution >= 0.6 is 0 Å². The molecule has 2 aliphatic heterocycles. The highest BCUT2D eigenvalue weighted by atomic mass is 15.3. The summed E-state index contributed by atoms with van der Waals surface area (Å²) < 4.78 is 1.73. The van der Waals surface area contributed by atoms with Gasteiger partial charge in [0.25, 0.3) is 0 Å². The Bertz CT molecular complexity index is 1290. The lowest BCUT2D eigenvalue weighted by atomic mass is 10.0. The molecule has 0 aliphatic carbocycles. The van der Waals surface area contributed by atoms with Crippen molar-refractivity contribution >= 4 is 22.5 Å². The van der Waals surface area contributed by atoms with Crippen LogP contribution in [0.3, 0.4) is 0 Å². The molecular formula is C26H31N9. The van der Waals surface area contributed by atoms with E-state index in [0.717, 1.165) is 59.9 Å². The van der Waals surface area contributed by atoms with E-state index in [-0.39, 0.29) is 12.1 Å². The minimum absolute atomic E-state index is 0.0669. The fraction of sp³-hybridized carbons (Fsp3) is 0.385. The highest BCUT2D eigenvalue weighted by molar-refractivity contribution is 6.22. The number of aliphatic imine (C=N–C) groups is 1. The van der Waals surface area contributed by atoms with Gasteiger partial charge in [0.1, 0.15) is 11.6 Å². The summed E-state index contributed by atoms with van der Waals surface area (Å²) in [5.74, 6) is 0. The molecule has 9 nitrogen and oxygen atoms in total. The number of allylic oxidation sites excluding steroid dienone is 1. The van der Waals surface area contributed by atoms with Gasteiger partial charge < -0.3 is 16.4 Å². The van der Waals surface area contributed by atoms with E-state index in [4.69, 9.17) is 10.7 Å². The minimum atomic E-state index is -0.0669. The molecule has 5 heterocycles. The van der Waals surface area contributed by atoms with Gasteiger partial charge >= 0.3 is 0 Å². The summed E-state index contributed by atoms with van der Waals surface area (Å²) in [6.45, 7) is 8.20. The molecule has 2 fully saturated rings. The number of nitriles is 1. The highest BCUT2D eigenvalue weighted by Crippen LogP contribution is 2.30. The summed E-state index contributed by atoms with van der Waals surface area (Å²) >= 11 is 0. The Kier molecular flexibility index (Phi) is 6.49. The van der Waals surface area contributed by atoms with Crippen LogP contribution in [-0.4, -0.2) is 63.5 Å². The Labute approximate surface area is 205 Å². The Morgan fingerprint density at radius 3 is 2.94 bits per heavy atom. The van der Waals surface area contributed by atoms with Crippen LogP contribution in [0.5, 0.6) is 0 Å². The number of hydrogen-bond acceptors (Lipinski definition) is 8. The molecule has 0 bridgehead atoms. The molecule has 0 saturated carbocycles. The first-order valence-electron chi connectivity index (χ1n) is 12.1. The van der Waals surface area contributed by atoms with Gasteiger partial charge in [-0.25, -0.2) is 4.52 Å². The Morgan fingerprint density at radius 1 is 1.40 bits per heavy atom. The lowest BCUT2D eigenvalue weighted by Crippen LogP contribution is -2.55. The number of hydrogen-bond donors (Lipinski definition) is 3. The zero-order chi connectivity index (χ0) is 24.4. The maximum Gasteiger partial charge on any atom is 0.107 e. The lowest BCUT2D eigenvalue weighted by molar-refractivity contribution is 0.105. The Hall–Kier alpha value is -3.74. The van der Waals surface area contributed by atoms with Crippen LogP contribution < -0.4 is 16.4 Å². The number of pyridine rings is 2. The molecule has 0 amide bonds. The van der Waals surface area contributed by atoms with Gasteiger partial charge in [-0.3, -0.25) is 14.9 Å². The largest absolute Gasteiger partial charge is 0.404 e. The number of nitrogens with zero attached hydrogens (tertiary/aromatic N) is 6. The third kappa shape index (κ3) is 4.63. The van der Waals surface area contributed by atoms with E-state index < -0.39 is 0 Å². The number of likely N-dealkylation sites (tertiary alicyclic amines) is 1. The van der Waals surface area contributed by atoms with E-state index in [2.05, 4.69) is 31.7 Å². The number of nitrogens with two attached hydrogens (primary N) is 1. The van der Waals surface area contributed by atoms with Crippen LogP contribution in [0.1, 0.15) is 43.1 Å². The molecular weight excluding hydrogens is 438 g/mol. The van der Waals surface area contributed by atoms with Gasteiger partial charge in [-0.2, -0.15) is 10.4 Å². The Balaban J connectivity index is 1.42. The van der Waals surface area contributed by atoms with Crippen molar-refractivity contribution in [2.75, 3.05) is 31.5 Å². The van der Waals surface area contributed by atoms with Crippen LogP contribution in [0, 0.1) is 11.3 Å². The van der Waals surface area contributed by atoms with Gasteiger partial charge in [0.05, 0.1) is 35.2 Å². The summed E-state index contributed by atoms with van der Waals surface area (Å²) in [7, 11) is 0. The first-order chi connectivity index (χ1) is 17.1. The van der Waals surface area contributed by atoms with Gasteiger partial charge in [-0.05, 0) is 45.0 Å². The third-order valence-electron chi connectivity index (χ3n) is 6.92. The van der Waals surface area contributed by atoms with E-state index in [1.165, 1.54) is 6.42 Å². The second-order valence-electron chi connectivity index (χ2n) is 9.28. The fourth-order valence-electron chi connectivity index (χ4n) is 4.99. The molecule has 0 radical (unpaired) electrons. The van der Waals surface area contributed by atoms with Crippen LogP contribution in [0.4, 0.5) is 5.69 Å². The second-order valence-corrected chi connectivity index (χ2v) is 9.28. The van der Waals surface area contributed by atoms with E-state index in [0.29, 0.717) is 11.6 Å². The van der Waals surface area contributed by atoms with E-state index in [9.17, 15) is 5.26 Å². The molecule has 5 rings (SSSR count). The van der Waals surface area contributed by atoms with Crippen molar-refractivity contribution in [2.24, 2.45) is 10.7 Å². The third-order valence-corrected chi connectivity index (χ3v) is 6.92. The van der Waals surface area contributed by atoms with E-state index in [1.807, 2.05) is 44.3 Å². The van der Waals surface area contributed by atoms with E-state index in [1.54, 1.807) is 23.1 Å². The average Bonchev–Trinajstić information content (AvgIpc) is 3.52. The molecule has 9 heteroatoms. The van der Waals surface area contributed by atoms with Crippen molar-refractivity contribution < 1.29 is 0 Å². The van der Waals surface area contributed by atoms with E-state index >= 15 is 0 Å². The molecule has 2 unspecified atom stereocenters. The maximum absolute atomic E-state index is 9.64. The van der Waals surface area contributed by atoms with Crippen molar-refractivity contribution in [3.05, 3.63) is 65.9 Å². The maximum atomic E-state index is 9.64. The first-order valence-corrected chi connectivity index (χ1v) is 12.1. The van der Waals surface area contributed by atoms with Crippen molar-refractivity contribution in [2.45, 2.75) is 38.4 Å². The number of nitrogens with one attached hydrogen (secondary N) is 2. The van der Waals surface area contributed by atoms with Gasteiger partial charge in [0, 0.05) is 61.1 Å². The number of aromatic nitrogens is 3. The quantitative estimate of drug-likeness (QED) is 0.455. The molecule has 2 aliphatic rings. The first kappa shape index (κ1) is 23.0. The molecule has 35 heavy (non-hydrogen) atoms. The molecule has 0 spiro atoms. The molecule has 2 atom stereocenters. The molecule has 180 valence electrons. The predicted molar refractivity (Wildman–Crippen MR) is 138 cm³/mol. The zero-order valence-electron chi connectivity index (χ0n) is 20.1. The van der Waals surface area contributed by atoms with Crippen molar-refractivity contribution in [1.82, 2.24) is 24.8 Å². The zero-order valence-corrected chi connectivity index (χ0v) is 20.1. The standard InChI is InChI=1S/C26H31N9/c1-17(32-21-15-34(16-21)22-6-8-29-13-22)23(11-28)19-9-25(26-20(10-27)12-31-35(26)14-19)33-18(2)24-5-3-4-7-30-24/h3-5,7,9,11-12,14,18,21-22,29,33H,6,8,13,15-16,28H2,1-2H3/b23-11+,32-17?. The molecule has 0 aromatic carbocycles. The van der Waals surface area contributed by atoms with Crippen LogP contribution in [-0.2, 0) is 0 Å². The van der Waals surface area contributed by atoms with Gasteiger partial charge in [0.15, 0.2) is 0 Å². The van der Waals surface area contributed by atoms with Crippen LogP contribution in [0.25, 0.3) is 11.1 Å². The van der Waals surface area contributed by atoms with Crippen LogP contribution in [0.15, 0.2) is 54.0 Å². The summed E-state index contributed by atoms with van der Waals surface area (Å²) in [5, 5.41) is 21.0. The number of fused-ring (bicyclic) bond motifs is 1. The van der Waals surface area contributed by atoms with Crippen molar-refractivity contribution in [3.8, 4) is 6.07 Å². The molecule has 3 aromatic heterocycles. The van der Waals surface area contributed by atoms with Crippen molar-refractivity contribution in [1.29, 1.82) is 5.26 Å². The lowest BCUT2D eigenvalue weighted by Gasteiger charge is -2.41. The van der Waals surface area contributed by atoms with Gasteiger partial charge in [-0.1, -0.05) is 6.07 Å². The number of rotatable bonds is 7.